The average Bonchev–Trinajstić information content (AvgIpc) is 2.46. The largest absolute Gasteiger partial charge is 0.465 e. The lowest BCUT2D eigenvalue weighted by Crippen LogP contribution is -2.03. The number of nitro benzene ring substituents is 1. The zero-order valence-corrected chi connectivity index (χ0v) is 10.1. The Kier molecular flexibility index (Phi) is 3.51. The summed E-state index contributed by atoms with van der Waals surface area (Å²) in [6, 6.07) is 7.61. The van der Waals surface area contributed by atoms with Gasteiger partial charge in [-0.15, -0.1) is 0 Å². The van der Waals surface area contributed by atoms with Crippen LogP contribution in [0.3, 0.4) is 0 Å². The van der Waals surface area contributed by atoms with E-state index in [-0.39, 0.29) is 11.3 Å². The maximum Gasteiger partial charge on any atom is 0.338 e. The third kappa shape index (κ3) is 2.57. The smallest absolute Gasteiger partial charge is 0.338 e. The average molecular weight is 258 g/mol. The summed E-state index contributed by atoms with van der Waals surface area (Å²) in [5.74, 6) is -0.610. The molecule has 6 heteroatoms. The number of pyridine rings is 1. The van der Waals surface area contributed by atoms with Crippen LogP contribution in [0.1, 0.15) is 10.4 Å². The quantitative estimate of drug-likeness (QED) is 0.479. The molecule has 1 aromatic carbocycles. The van der Waals surface area contributed by atoms with Crippen LogP contribution in [-0.4, -0.2) is 23.0 Å². The van der Waals surface area contributed by atoms with Crippen LogP contribution in [0.5, 0.6) is 0 Å². The molecule has 0 atom stereocenters. The Bertz CT molecular complexity index is 626. The number of methoxy groups -OCH3 is 1. The van der Waals surface area contributed by atoms with Gasteiger partial charge in [0.2, 0.25) is 0 Å². The molecule has 0 aliphatic rings. The molecule has 0 fully saturated rings. The van der Waals surface area contributed by atoms with Crippen LogP contribution in [0.15, 0.2) is 42.7 Å². The number of aromatic nitrogens is 1. The molecule has 96 valence electrons. The first kappa shape index (κ1) is 12.7. The zero-order chi connectivity index (χ0) is 13.8. The number of rotatable bonds is 3. The summed E-state index contributed by atoms with van der Waals surface area (Å²) in [7, 11) is 1.23. The van der Waals surface area contributed by atoms with Gasteiger partial charge in [-0.2, -0.15) is 0 Å². The van der Waals surface area contributed by atoms with Crippen molar-refractivity contribution < 1.29 is 14.5 Å². The van der Waals surface area contributed by atoms with Gasteiger partial charge in [-0.25, -0.2) is 4.79 Å². The maximum absolute atomic E-state index is 11.4. The Balaban J connectivity index is 2.57. The fourth-order valence-electron chi connectivity index (χ4n) is 1.69. The predicted molar refractivity (Wildman–Crippen MR) is 67.7 cm³/mol. The Hall–Kier alpha value is -2.76. The molecular weight excluding hydrogens is 248 g/mol. The van der Waals surface area contributed by atoms with Gasteiger partial charge in [0, 0.05) is 24.0 Å². The predicted octanol–water partition coefficient (Wildman–Crippen LogP) is 2.44. The Labute approximate surface area is 108 Å². The molecule has 2 aromatic rings. The molecule has 0 aliphatic heterocycles. The number of carbonyl (C=O) groups excluding carboxylic acids is 1. The lowest BCUT2D eigenvalue weighted by Gasteiger charge is -2.04. The van der Waals surface area contributed by atoms with Crippen molar-refractivity contribution in [2.45, 2.75) is 0 Å². The van der Waals surface area contributed by atoms with E-state index in [9.17, 15) is 14.9 Å². The monoisotopic (exact) mass is 258 g/mol. The molecule has 0 N–H and O–H groups in total. The summed E-state index contributed by atoms with van der Waals surface area (Å²) in [6.07, 6.45) is 3.11. The van der Waals surface area contributed by atoms with E-state index in [1.54, 1.807) is 18.3 Å². The van der Waals surface area contributed by atoms with Gasteiger partial charge in [0.15, 0.2) is 0 Å². The van der Waals surface area contributed by atoms with E-state index in [0.717, 1.165) is 0 Å². The molecule has 0 amide bonds. The Morgan fingerprint density at radius 2 is 2.16 bits per heavy atom. The molecule has 0 saturated heterocycles. The highest BCUT2D eigenvalue weighted by molar-refractivity contribution is 5.91. The van der Waals surface area contributed by atoms with Gasteiger partial charge < -0.3 is 4.74 Å². The van der Waals surface area contributed by atoms with E-state index in [2.05, 4.69) is 9.72 Å². The van der Waals surface area contributed by atoms with Crippen LogP contribution >= 0.6 is 0 Å². The number of hydrogen-bond acceptors (Lipinski definition) is 5. The maximum atomic E-state index is 11.4. The molecule has 0 bridgehead atoms. The Morgan fingerprint density at radius 1 is 1.37 bits per heavy atom. The minimum absolute atomic E-state index is 0.141. The molecule has 0 spiro atoms. The normalized spacial score (nSPS) is 9.95. The second-order valence-electron chi connectivity index (χ2n) is 3.72. The number of ether oxygens (including phenoxy) is 1. The van der Waals surface area contributed by atoms with E-state index < -0.39 is 10.9 Å². The lowest BCUT2D eigenvalue weighted by molar-refractivity contribution is -0.384. The van der Waals surface area contributed by atoms with Crippen molar-refractivity contribution in [3.8, 4) is 11.1 Å². The number of nitrogens with zero attached hydrogens (tertiary/aromatic N) is 2. The molecule has 0 aliphatic carbocycles. The molecule has 0 radical (unpaired) electrons. The molecule has 19 heavy (non-hydrogen) atoms. The number of hydrogen-bond donors (Lipinski definition) is 0. The van der Waals surface area contributed by atoms with Crippen LogP contribution in [-0.2, 0) is 4.74 Å². The molecule has 0 unspecified atom stereocenters. The fraction of sp³-hybridized carbons (Fsp3) is 0.0769. The van der Waals surface area contributed by atoms with Gasteiger partial charge in [0.05, 0.1) is 23.2 Å². The molecular formula is C13H10N2O4. The second-order valence-corrected chi connectivity index (χ2v) is 3.72. The summed E-state index contributed by atoms with van der Waals surface area (Å²) in [4.78, 5) is 25.9. The summed E-state index contributed by atoms with van der Waals surface area (Å²) >= 11 is 0. The van der Waals surface area contributed by atoms with Crippen molar-refractivity contribution in [1.29, 1.82) is 0 Å². The van der Waals surface area contributed by atoms with Crippen LogP contribution in [0.25, 0.3) is 11.1 Å². The van der Waals surface area contributed by atoms with Gasteiger partial charge in [-0.3, -0.25) is 15.1 Å². The number of carbonyl (C=O) groups is 1. The van der Waals surface area contributed by atoms with Crippen LogP contribution in [0.4, 0.5) is 5.69 Å². The highest BCUT2D eigenvalue weighted by atomic mass is 16.6. The van der Waals surface area contributed by atoms with E-state index in [4.69, 9.17) is 0 Å². The molecule has 1 aromatic heterocycles. The minimum Gasteiger partial charge on any atom is -0.465 e. The van der Waals surface area contributed by atoms with E-state index in [0.29, 0.717) is 11.1 Å². The minimum atomic E-state index is -0.610. The van der Waals surface area contributed by atoms with Crippen molar-refractivity contribution in [3.63, 3.8) is 0 Å². The zero-order valence-electron chi connectivity index (χ0n) is 10.1. The number of nitro groups is 1. The molecule has 2 rings (SSSR count). The summed E-state index contributed by atoms with van der Waals surface area (Å²) in [5.41, 5.74) is 1.01. The number of esters is 1. The number of benzene rings is 1. The topological polar surface area (TPSA) is 82.3 Å². The van der Waals surface area contributed by atoms with Crippen LogP contribution in [0.2, 0.25) is 0 Å². The summed E-state index contributed by atoms with van der Waals surface area (Å²) in [5, 5.41) is 11.1. The van der Waals surface area contributed by atoms with Crippen molar-refractivity contribution in [1.82, 2.24) is 4.98 Å². The first-order valence-electron chi connectivity index (χ1n) is 5.40. The van der Waals surface area contributed by atoms with E-state index in [1.165, 1.54) is 31.5 Å². The van der Waals surface area contributed by atoms with Gasteiger partial charge in [-0.1, -0.05) is 6.07 Å². The standard InChI is InChI=1S/C13H10N2O4/c1-19-13(16)9-4-5-11(12(7-9)15(17)18)10-3-2-6-14-8-10/h2-8H,1H3. The summed E-state index contributed by atoms with van der Waals surface area (Å²) < 4.78 is 4.54. The first-order chi connectivity index (χ1) is 9.13. The van der Waals surface area contributed by atoms with Crippen molar-refractivity contribution >= 4 is 11.7 Å². The van der Waals surface area contributed by atoms with E-state index in [1.807, 2.05) is 0 Å². The van der Waals surface area contributed by atoms with Gasteiger partial charge in [0.25, 0.3) is 5.69 Å². The van der Waals surface area contributed by atoms with Gasteiger partial charge >= 0.3 is 5.97 Å². The Morgan fingerprint density at radius 3 is 2.74 bits per heavy atom. The SMILES string of the molecule is COC(=O)c1ccc(-c2cccnc2)c([N+](=O)[O-])c1. The highest BCUT2D eigenvalue weighted by Crippen LogP contribution is 2.30. The molecule has 0 saturated carbocycles. The van der Waals surface area contributed by atoms with Crippen molar-refractivity contribution in [2.24, 2.45) is 0 Å². The van der Waals surface area contributed by atoms with Crippen LogP contribution < -0.4 is 0 Å². The molecule has 1 heterocycles. The summed E-state index contributed by atoms with van der Waals surface area (Å²) in [6.45, 7) is 0. The van der Waals surface area contributed by atoms with Crippen LogP contribution in [0, 0.1) is 10.1 Å². The van der Waals surface area contributed by atoms with Gasteiger partial charge in [0.1, 0.15) is 0 Å². The van der Waals surface area contributed by atoms with Crippen molar-refractivity contribution in [2.75, 3.05) is 7.11 Å². The van der Waals surface area contributed by atoms with E-state index >= 15 is 0 Å². The fourth-order valence-corrected chi connectivity index (χ4v) is 1.69. The second kappa shape index (κ2) is 5.26. The lowest BCUT2D eigenvalue weighted by atomic mass is 10.0. The first-order valence-corrected chi connectivity index (χ1v) is 5.40. The molecule has 6 nitrogen and oxygen atoms in total. The highest BCUT2D eigenvalue weighted by Gasteiger charge is 2.18. The van der Waals surface area contributed by atoms with Gasteiger partial charge in [-0.05, 0) is 18.2 Å². The van der Waals surface area contributed by atoms with Crippen molar-refractivity contribution in [3.05, 3.63) is 58.4 Å². The third-order valence-corrected chi connectivity index (χ3v) is 2.59. The third-order valence-electron chi connectivity index (χ3n) is 2.59.